The molecule has 0 saturated carbocycles. The van der Waals surface area contributed by atoms with Crippen LogP contribution >= 0.6 is 23.2 Å². The molecule has 2 aromatic carbocycles. The monoisotopic (exact) mass is 364 g/mol. The summed E-state index contributed by atoms with van der Waals surface area (Å²) in [6, 6.07) is 12.5. The Morgan fingerprint density at radius 3 is 2.42 bits per heavy atom. The van der Waals surface area contributed by atoms with Gasteiger partial charge in [0.15, 0.2) is 0 Å². The van der Waals surface area contributed by atoms with Crippen LogP contribution in [0.2, 0.25) is 10.0 Å². The molecule has 0 aliphatic heterocycles. The van der Waals surface area contributed by atoms with Crippen molar-refractivity contribution < 1.29 is 9.59 Å². The van der Waals surface area contributed by atoms with E-state index in [1.54, 1.807) is 18.2 Å². The average Bonchev–Trinajstić information content (AvgIpc) is 2.53. The predicted octanol–water partition coefficient (Wildman–Crippen LogP) is 4.68. The van der Waals surface area contributed by atoms with Gasteiger partial charge in [-0.3, -0.25) is 9.59 Å². The first-order chi connectivity index (χ1) is 11.4. The summed E-state index contributed by atoms with van der Waals surface area (Å²) in [7, 11) is 0. The van der Waals surface area contributed by atoms with Gasteiger partial charge in [-0.25, -0.2) is 0 Å². The number of amides is 2. The lowest BCUT2D eigenvalue weighted by Gasteiger charge is -2.21. The van der Waals surface area contributed by atoms with Crippen molar-refractivity contribution in [1.29, 1.82) is 0 Å². The van der Waals surface area contributed by atoms with E-state index < -0.39 is 0 Å². The molecule has 2 aromatic rings. The average molecular weight is 365 g/mol. The quantitative estimate of drug-likeness (QED) is 0.836. The number of carbonyl (C=O) groups is 2. The Hall–Kier alpha value is -2.04. The smallest absolute Gasteiger partial charge is 0.226 e. The Bertz CT molecular complexity index is 762. The molecule has 0 unspecified atom stereocenters. The fourth-order valence-electron chi connectivity index (χ4n) is 2.26. The zero-order valence-electron chi connectivity index (χ0n) is 13.5. The molecule has 0 saturated heterocycles. The molecule has 6 heteroatoms. The number of anilines is 2. The number of halogens is 2. The van der Waals surface area contributed by atoms with Crippen LogP contribution in [0.4, 0.5) is 11.4 Å². The largest absolute Gasteiger partial charge is 0.326 e. The third-order valence-electron chi connectivity index (χ3n) is 3.58. The van der Waals surface area contributed by atoms with E-state index in [-0.39, 0.29) is 24.8 Å². The van der Waals surface area contributed by atoms with Crippen molar-refractivity contribution in [1.82, 2.24) is 0 Å². The van der Waals surface area contributed by atoms with E-state index in [4.69, 9.17) is 23.2 Å². The predicted molar refractivity (Wildman–Crippen MR) is 98.9 cm³/mol. The molecule has 0 aromatic heterocycles. The minimum Gasteiger partial charge on any atom is -0.326 e. The van der Waals surface area contributed by atoms with Crippen LogP contribution in [0.3, 0.4) is 0 Å². The minimum absolute atomic E-state index is 0.157. The van der Waals surface area contributed by atoms with Crippen LogP contribution in [0.5, 0.6) is 0 Å². The number of hydrogen-bond acceptors (Lipinski definition) is 2. The van der Waals surface area contributed by atoms with Crippen molar-refractivity contribution in [3.63, 3.8) is 0 Å². The van der Waals surface area contributed by atoms with Crippen molar-refractivity contribution in [2.45, 2.75) is 20.3 Å². The molecule has 0 radical (unpaired) electrons. The molecule has 0 aliphatic carbocycles. The van der Waals surface area contributed by atoms with Gasteiger partial charge in [-0.05, 0) is 36.8 Å². The highest BCUT2D eigenvalue weighted by atomic mass is 35.5. The Morgan fingerprint density at radius 2 is 1.79 bits per heavy atom. The minimum atomic E-state index is -0.169. The maximum absolute atomic E-state index is 12.1. The highest BCUT2D eigenvalue weighted by molar-refractivity contribution is 6.42. The molecule has 0 spiro atoms. The molecule has 1 N–H and O–H groups in total. The van der Waals surface area contributed by atoms with Crippen molar-refractivity contribution in [2.75, 3.05) is 16.8 Å². The van der Waals surface area contributed by atoms with E-state index >= 15 is 0 Å². The van der Waals surface area contributed by atoms with E-state index in [0.29, 0.717) is 15.7 Å². The van der Waals surface area contributed by atoms with Crippen molar-refractivity contribution in [2.24, 2.45) is 0 Å². The first kappa shape index (κ1) is 18.3. The molecule has 0 fully saturated rings. The Kier molecular flexibility index (Phi) is 6.23. The topological polar surface area (TPSA) is 49.4 Å². The molecule has 2 rings (SSSR count). The molecule has 2 amide bonds. The number of aryl methyl sites for hydroxylation is 1. The van der Waals surface area contributed by atoms with E-state index in [2.05, 4.69) is 5.32 Å². The second-order valence-electron chi connectivity index (χ2n) is 5.38. The summed E-state index contributed by atoms with van der Waals surface area (Å²) in [5.41, 5.74) is 2.37. The molecule has 0 bridgehead atoms. The number of benzene rings is 2. The lowest BCUT2D eigenvalue weighted by molar-refractivity contribution is -0.117. The van der Waals surface area contributed by atoms with Crippen LogP contribution in [-0.4, -0.2) is 18.4 Å². The van der Waals surface area contributed by atoms with Crippen LogP contribution in [0.25, 0.3) is 0 Å². The Morgan fingerprint density at radius 1 is 1.08 bits per heavy atom. The van der Waals surface area contributed by atoms with Crippen LogP contribution in [0.1, 0.15) is 18.9 Å². The van der Waals surface area contributed by atoms with Crippen LogP contribution < -0.4 is 10.2 Å². The molecular formula is C18H18Cl2N2O2. The summed E-state index contributed by atoms with van der Waals surface area (Å²) in [6.07, 6.45) is 0.175. The van der Waals surface area contributed by atoms with Gasteiger partial charge < -0.3 is 10.2 Å². The summed E-state index contributed by atoms with van der Waals surface area (Å²) in [6.45, 7) is 3.62. The zero-order valence-corrected chi connectivity index (χ0v) is 15.0. The van der Waals surface area contributed by atoms with Gasteiger partial charge in [0.2, 0.25) is 11.8 Å². The third kappa shape index (κ3) is 4.73. The Labute approximate surface area is 151 Å². The van der Waals surface area contributed by atoms with Gasteiger partial charge in [0, 0.05) is 31.3 Å². The van der Waals surface area contributed by atoms with Gasteiger partial charge in [0.25, 0.3) is 0 Å². The number of nitrogens with one attached hydrogen (secondary N) is 1. The van der Waals surface area contributed by atoms with Crippen LogP contribution in [0.15, 0.2) is 42.5 Å². The second-order valence-corrected chi connectivity index (χ2v) is 6.20. The summed E-state index contributed by atoms with van der Waals surface area (Å²) in [5, 5.41) is 3.64. The fraction of sp³-hybridized carbons (Fsp3) is 0.222. The van der Waals surface area contributed by atoms with Gasteiger partial charge >= 0.3 is 0 Å². The highest BCUT2D eigenvalue weighted by Gasteiger charge is 2.15. The molecule has 0 atom stereocenters. The summed E-state index contributed by atoms with van der Waals surface area (Å²) in [5.74, 6) is -0.326. The lowest BCUT2D eigenvalue weighted by Crippen LogP contribution is -2.32. The maximum Gasteiger partial charge on any atom is 0.226 e. The highest BCUT2D eigenvalue weighted by Crippen LogP contribution is 2.27. The number of para-hydroxylation sites is 1. The first-order valence-corrected chi connectivity index (χ1v) is 8.22. The Balaban J connectivity index is 2.03. The molecule has 24 heavy (non-hydrogen) atoms. The number of carbonyl (C=O) groups excluding carboxylic acids is 2. The standard InChI is InChI=1S/C18H18Cl2N2O2/c1-12-5-3-4-6-17(12)21-18(24)9-10-22(13(2)23)14-7-8-15(19)16(20)11-14/h3-8,11H,9-10H2,1-2H3,(H,21,24). The summed E-state index contributed by atoms with van der Waals surface area (Å²) >= 11 is 11.9. The normalized spacial score (nSPS) is 10.3. The van der Waals surface area contributed by atoms with Gasteiger partial charge in [-0.15, -0.1) is 0 Å². The number of rotatable bonds is 5. The third-order valence-corrected chi connectivity index (χ3v) is 4.32. The van der Waals surface area contributed by atoms with Crippen molar-refractivity contribution >= 4 is 46.4 Å². The second kappa shape index (κ2) is 8.18. The molecular weight excluding hydrogens is 347 g/mol. The van der Waals surface area contributed by atoms with Crippen molar-refractivity contribution in [3.05, 3.63) is 58.1 Å². The van der Waals surface area contributed by atoms with E-state index in [9.17, 15) is 9.59 Å². The summed E-state index contributed by atoms with van der Waals surface area (Å²) < 4.78 is 0. The summed E-state index contributed by atoms with van der Waals surface area (Å²) in [4.78, 5) is 25.5. The SMILES string of the molecule is CC(=O)N(CCC(=O)Nc1ccccc1C)c1ccc(Cl)c(Cl)c1. The number of hydrogen-bond donors (Lipinski definition) is 1. The maximum atomic E-state index is 12.1. The first-order valence-electron chi connectivity index (χ1n) is 7.47. The number of nitrogens with zero attached hydrogens (tertiary/aromatic N) is 1. The molecule has 126 valence electrons. The lowest BCUT2D eigenvalue weighted by atomic mass is 10.2. The van der Waals surface area contributed by atoms with Gasteiger partial charge in [-0.2, -0.15) is 0 Å². The fourth-order valence-corrected chi connectivity index (χ4v) is 2.55. The molecule has 4 nitrogen and oxygen atoms in total. The van der Waals surface area contributed by atoms with E-state index in [1.165, 1.54) is 11.8 Å². The van der Waals surface area contributed by atoms with Gasteiger partial charge in [-0.1, -0.05) is 41.4 Å². The van der Waals surface area contributed by atoms with E-state index in [0.717, 1.165) is 11.3 Å². The van der Waals surface area contributed by atoms with Gasteiger partial charge in [0.1, 0.15) is 0 Å². The van der Waals surface area contributed by atoms with E-state index in [1.807, 2.05) is 31.2 Å². The van der Waals surface area contributed by atoms with Crippen molar-refractivity contribution in [3.8, 4) is 0 Å². The van der Waals surface area contributed by atoms with Crippen LogP contribution in [0, 0.1) is 6.92 Å². The zero-order chi connectivity index (χ0) is 17.7. The molecule has 0 heterocycles. The van der Waals surface area contributed by atoms with Gasteiger partial charge in [0.05, 0.1) is 10.0 Å². The van der Waals surface area contributed by atoms with Crippen LogP contribution in [-0.2, 0) is 9.59 Å². The molecule has 0 aliphatic rings.